The predicted molar refractivity (Wildman–Crippen MR) is 130 cm³/mol. The highest BCUT2D eigenvalue weighted by Crippen LogP contribution is 2.41. The minimum absolute atomic E-state index is 0.0571. The minimum atomic E-state index is 0.0571. The summed E-state index contributed by atoms with van der Waals surface area (Å²) in [5, 5.41) is 3.40. The predicted octanol–water partition coefficient (Wildman–Crippen LogP) is 4.95. The average molecular weight is 437 g/mol. The van der Waals surface area contributed by atoms with Crippen molar-refractivity contribution in [2.24, 2.45) is 5.92 Å². The average Bonchev–Trinajstić information content (AvgIpc) is 2.82. The van der Waals surface area contributed by atoms with Gasteiger partial charge < -0.3 is 15.0 Å². The number of methoxy groups -OCH3 is 1. The molecule has 2 aromatic carbocycles. The third kappa shape index (κ3) is 5.39. The third-order valence-electron chi connectivity index (χ3n) is 6.42. The summed E-state index contributed by atoms with van der Waals surface area (Å²) in [6.45, 7) is 6.32. The number of hydrogen-bond acceptors (Lipinski definition) is 4. The number of unbranched alkanes of at least 4 members (excludes halogenated alkanes) is 1. The number of rotatable bonds is 6. The number of anilines is 1. The lowest BCUT2D eigenvalue weighted by Gasteiger charge is -2.32. The van der Waals surface area contributed by atoms with Crippen molar-refractivity contribution < 1.29 is 14.3 Å². The first-order valence-corrected chi connectivity index (χ1v) is 11.8. The Bertz CT molecular complexity index is 940. The minimum Gasteiger partial charge on any atom is -0.496 e. The molecule has 0 radical (unpaired) electrons. The number of amides is 1. The van der Waals surface area contributed by atoms with E-state index < -0.39 is 0 Å². The fourth-order valence-corrected chi connectivity index (χ4v) is 4.41. The molecule has 0 aromatic heterocycles. The maximum absolute atomic E-state index is 12.6. The lowest BCUT2D eigenvalue weighted by molar-refractivity contribution is -0.118. The molecule has 0 saturated carbocycles. The molecule has 0 spiro atoms. The zero-order valence-electron chi connectivity index (χ0n) is 19.9. The summed E-state index contributed by atoms with van der Waals surface area (Å²) in [7, 11) is 3.39. The maximum Gasteiger partial charge on any atom is 0.227 e. The number of Topliss-reactive ketones (excluding diaryl/α,β-unsaturated/α-hetero) is 1. The van der Waals surface area contributed by atoms with Crippen LogP contribution in [0.1, 0.15) is 66.6 Å². The summed E-state index contributed by atoms with van der Waals surface area (Å²) in [5.41, 5.74) is 5.07. The summed E-state index contributed by atoms with van der Waals surface area (Å²) in [6, 6.07) is 12.4. The van der Waals surface area contributed by atoms with Gasteiger partial charge in [0, 0.05) is 43.1 Å². The second-order valence-corrected chi connectivity index (χ2v) is 8.70. The second-order valence-electron chi connectivity index (χ2n) is 8.70. The van der Waals surface area contributed by atoms with Gasteiger partial charge in [0.1, 0.15) is 5.75 Å². The normalized spacial score (nSPS) is 17.2. The number of ketones is 1. The van der Waals surface area contributed by atoms with E-state index in [-0.39, 0.29) is 17.6 Å². The van der Waals surface area contributed by atoms with E-state index in [9.17, 15) is 9.59 Å². The number of nitrogens with zero attached hydrogens (tertiary/aromatic N) is 1. The second kappa shape index (κ2) is 11.3. The SMILES string of the molecule is CCCCNCc1ccccc1.COc1cc2c(c3c1CCC(C)C3=O)CCC(=O)N2C. The van der Waals surface area contributed by atoms with Crippen molar-refractivity contribution in [3.05, 3.63) is 58.7 Å². The van der Waals surface area contributed by atoms with Crippen molar-refractivity contribution in [3.8, 4) is 5.75 Å². The molecule has 1 aliphatic carbocycles. The van der Waals surface area contributed by atoms with Gasteiger partial charge in [0.15, 0.2) is 5.78 Å². The molecular formula is C27H36N2O3. The van der Waals surface area contributed by atoms with E-state index in [1.807, 2.05) is 13.0 Å². The van der Waals surface area contributed by atoms with Gasteiger partial charge in [-0.25, -0.2) is 0 Å². The first-order chi connectivity index (χ1) is 15.5. The van der Waals surface area contributed by atoms with Crippen molar-refractivity contribution in [2.75, 3.05) is 25.6 Å². The molecule has 0 fully saturated rings. The van der Waals surface area contributed by atoms with Gasteiger partial charge in [0.25, 0.3) is 0 Å². The molecule has 1 heterocycles. The van der Waals surface area contributed by atoms with E-state index >= 15 is 0 Å². The number of nitrogens with one attached hydrogen (secondary N) is 1. The Morgan fingerprint density at radius 3 is 2.53 bits per heavy atom. The molecule has 1 unspecified atom stereocenters. The van der Waals surface area contributed by atoms with Crippen LogP contribution in [0.3, 0.4) is 0 Å². The summed E-state index contributed by atoms with van der Waals surface area (Å²) in [6.07, 6.45) is 5.41. The molecule has 2 aromatic rings. The molecule has 5 heteroatoms. The molecule has 5 nitrogen and oxygen atoms in total. The molecule has 1 aliphatic heterocycles. The zero-order valence-corrected chi connectivity index (χ0v) is 19.9. The van der Waals surface area contributed by atoms with Crippen molar-refractivity contribution >= 4 is 17.4 Å². The number of benzene rings is 2. The lowest BCUT2D eigenvalue weighted by Crippen LogP contribution is -2.34. The van der Waals surface area contributed by atoms with Crippen molar-refractivity contribution in [3.63, 3.8) is 0 Å². The van der Waals surface area contributed by atoms with Crippen LogP contribution in [0, 0.1) is 5.92 Å². The monoisotopic (exact) mass is 436 g/mol. The van der Waals surface area contributed by atoms with Gasteiger partial charge in [-0.05, 0) is 43.4 Å². The fraction of sp³-hybridized carbons (Fsp3) is 0.481. The number of hydrogen-bond donors (Lipinski definition) is 1. The number of fused-ring (bicyclic) bond motifs is 3. The van der Waals surface area contributed by atoms with Gasteiger partial charge in [0.2, 0.25) is 5.91 Å². The first kappa shape index (κ1) is 24.0. The quantitative estimate of drug-likeness (QED) is 0.651. The van der Waals surface area contributed by atoms with Crippen LogP contribution in [0.4, 0.5) is 5.69 Å². The first-order valence-electron chi connectivity index (χ1n) is 11.8. The van der Waals surface area contributed by atoms with E-state index in [0.717, 1.165) is 54.1 Å². The van der Waals surface area contributed by atoms with Crippen LogP contribution in [0.2, 0.25) is 0 Å². The van der Waals surface area contributed by atoms with Crippen molar-refractivity contribution in [1.29, 1.82) is 0 Å². The highest BCUT2D eigenvalue weighted by atomic mass is 16.5. The number of carbonyl (C=O) groups is 2. The van der Waals surface area contributed by atoms with Crippen LogP contribution in [0.5, 0.6) is 5.75 Å². The highest BCUT2D eigenvalue weighted by Gasteiger charge is 2.34. The Hall–Kier alpha value is -2.66. The largest absolute Gasteiger partial charge is 0.496 e. The van der Waals surface area contributed by atoms with Crippen LogP contribution in [0.25, 0.3) is 0 Å². The van der Waals surface area contributed by atoms with Crippen LogP contribution in [-0.2, 0) is 24.2 Å². The summed E-state index contributed by atoms with van der Waals surface area (Å²) >= 11 is 0. The van der Waals surface area contributed by atoms with Gasteiger partial charge in [-0.1, -0.05) is 50.6 Å². The molecule has 172 valence electrons. The van der Waals surface area contributed by atoms with Crippen LogP contribution < -0.4 is 15.0 Å². The van der Waals surface area contributed by atoms with Crippen LogP contribution in [-0.4, -0.2) is 32.4 Å². The molecule has 4 rings (SSSR count). The van der Waals surface area contributed by atoms with Gasteiger partial charge in [-0.15, -0.1) is 0 Å². The van der Waals surface area contributed by atoms with Gasteiger partial charge >= 0.3 is 0 Å². The molecule has 32 heavy (non-hydrogen) atoms. The van der Waals surface area contributed by atoms with E-state index in [1.165, 1.54) is 18.4 Å². The van der Waals surface area contributed by atoms with Crippen molar-refractivity contribution in [2.45, 2.75) is 58.9 Å². The Kier molecular flexibility index (Phi) is 8.46. The Morgan fingerprint density at radius 1 is 1.09 bits per heavy atom. The van der Waals surface area contributed by atoms with Gasteiger partial charge in [-0.3, -0.25) is 9.59 Å². The Labute approximate surface area is 192 Å². The van der Waals surface area contributed by atoms with E-state index in [1.54, 1.807) is 19.1 Å². The fourth-order valence-electron chi connectivity index (χ4n) is 4.41. The molecule has 1 N–H and O–H groups in total. The van der Waals surface area contributed by atoms with Crippen LogP contribution >= 0.6 is 0 Å². The molecule has 1 atom stereocenters. The summed E-state index contributed by atoms with van der Waals surface area (Å²) in [5.74, 6) is 1.09. The third-order valence-corrected chi connectivity index (χ3v) is 6.42. The van der Waals surface area contributed by atoms with Crippen LogP contribution in [0.15, 0.2) is 36.4 Å². The van der Waals surface area contributed by atoms with E-state index in [2.05, 4.69) is 42.6 Å². The Morgan fingerprint density at radius 2 is 1.84 bits per heavy atom. The maximum atomic E-state index is 12.6. The molecule has 0 bridgehead atoms. The zero-order chi connectivity index (χ0) is 23.1. The highest BCUT2D eigenvalue weighted by molar-refractivity contribution is 6.06. The van der Waals surface area contributed by atoms with E-state index in [4.69, 9.17) is 4.74 Å². The number of ether oxygens (including phenoxy) is 1. The van der Waals surface area contributed by atoms with Gasteiger partial charge in [-0.2, -0.15) is 0 Å². The lowest BCUT2D eigenvalue weighted by atomic mass is 9.78. The number of carbonyl (C=O) groups excluding carboxylic acids is 2. The van der Waals surface area contributed by atoms with Gasteiger partial charge in [0.05, 0.1) is 12.8 Å². The van der Waals surface area contributed by atoms with Crippen molar-refractivity contribution in [1.82, 2.24) is 5.32 Å². The Balaban J connectivity index is 0.000000207. The van der Waals surface area contributed by atoms with E-state index in [0.29, 0.717) is 12.8 Å². The molecular weight excluding hydrogens is 400 g/mol. The summed E-state index contributed by atoms with van der Waals surface area (Å²) < 4.78 is 5.46. The standard InChI is InChI=1S/C16H19NO3.C11H17N/c1-9-4-5-11-13(20-3)8-12-10(15(11)16(9)19)6-7-14(18)17(12)2;1-2-3-9-12-10-11-7-5-4-6-8-11/h8-9H,4-7H2,1-3H3;4-8,12H,2-3,9-10H2,1H3. The summed E-state index contributed by atoms with van der Waals surface area (Å²) in [4.78, 5) is 26.1. The molecule has 2 aliphatic rings. The molecule has 1 amide bonds. The molecule has 0 saturated heterocycles. The smallest absolute Gasteiger partial charge is 0.227 e. The topological polar surface area (TPSA) is 58.6 Å².